The van der Waals surface area contributed by atoms with Gasteiger partial charge in [-0.1, -0.05) is 51.0 Å². The first kappa shape index (κ1) is 26.9. The van der Waals surface area contributed by atoms with E-state index in [2.05, 4.69) is 63.3 Å². The van der Waals surface area contributed by atoms with E-state index in [-0.39, 0.29) is 25.0 Å². The molecule has 1 aromatic heterocycles. The Morgan fingerprint density at radius 1 is 1.11 bits per heavy atom. The molecule has 0 spiro atoms. The highest BCUT2D eigenvalue weighted by Gasteiger charge is 2.31. The van der Waals surface area contributed by atoms with Gasteiger partial charge in [0, 0.05) is 17.0 Å². The van der Waals surface area contributed by atoms with Crippen molar-refractivity contribution in [1.82, 2.24) is 5.32 Å². The minimum Gasteiger partial charge on any atom is -0.485 e. The zero-order valence-electron chi connectivity index (χ0n) is 22.2. The number of nitrogens with one attached hydrogen (secondary N) is 1. The van der Waals surface area contributed by atoms with Crippen LogP contribution in [0.3, 0.4) is 0 Å². The topological polar surface area (TPSA) is 75.6 Å². The normalized spacial score (nSPS) is 16.6. The maximum Gasteiger partial charge on any atom is 0.305 e. The van der Waals surface area contributed by atoms with Crippen molar-refractivity contribution < 1.29 is 19.4 Å². The van der Waals surface area contributed by atoms with Gasteiger partial charge in [-0.05, 0) is 85.0 Å². The van der Waals surface area contributed by atoms with Crippen molar-refractivity contribution in [2.75, 3.05) is 6.54 Å². The predicted octanol–water partition coefficient (Wildman–Crippen LogP) is 7.60. The van der Waals surface area contributed by atoms with Crippen molar-refractivity contribution in [3.8, 4) is 16.9 Å². The molecule has 1 aliphatic rings. The lowest BCUT2D eigenvalue weighted by molar-refractivity contribution is -0.136. The third-order valence-electron chi connectivity index (χ3n) is 7.22. The molecule has 1 amide bonds. The predicted molar refractivity (Wildman–Crippen MR) is 150 cm³/mol. The van der Waals surface area contributed by atoms with Crippen LogP contribution in [-0.2, 0) is 11.2 Å². The maximum absolute atomic E-state index is 12.4. The molecule has 4 rings (SSSR count). The van der Waals surface area contributed by atoms with Crippen LogP contribution in [0.15, 0.2) is 42.5 Å². The van der Waals surface area contributed by atoms with Gasteiger partial charge in [-0.25, -0.2) is 0 Å². The minimum absolute atomic E-state index is 0.0895. The van der Waals surface area contributed by atoms with Crippen LogP contribution in [0.4, 0.5) is 0 Å². The average molecular weight is 520 g/mol. The van der Waals surface area contributed by atoms with Crippen LogP contribution in [0, 0.1) is 13.8 Å². The Morgan fingerprint density at radius 2 is 1.86 bits per heavy atom. The number of aliphatic carboxylic acids is 1. The molecule has 2 heterocycles. The van der Waals surface area contributed by atoms with Crippen LogP contribution in [0.2, 0.25) is 0 Å². The molecule has 3 aromatic rings. The van der Waals surface area contributed by atoms with E-state index in [1.165, 1.54) is 64.0 Å². The van der Waals surface area contributed by atoms with Gasteiger partial charge in [0.1, 0.15) is 11.9 Å². The van der Waals surface area contributed by atoms with E-state index in [1.807, 2.05) is 6.07 Å². The van der Waals surface area contributed by atoms with E-state index in [4.69, 9.17) is 9.84 Å². The van der Waals surface area contributed by atoms with Crippen LogP contribution in [0.5, 0.6) is 5.75 Å². The molecule has 37 heavy (non-hydrogen) atoms. The Hall–Kier alpha value is -3.12. The van der Waals surface area contributed by atoms with E-state index in [1.54, 1.807) is 6.07 Å². The number of amides is 1. The highest BCUT2D eigenvalue weighted by molar-refractivity contribution is 7.14. The van der Waals surface area contributed by atoms with Crippen LogP contribution < -0.4 is 10.1 Å². The summed E-state index contributed by atoms with van der Waals surface area (Å²) in [6, 6.07) is 15.0. The van der Waals surface area contributed by atoms with Gasteiger partial charge in [-0.15, -0.1) is 11.3 Å². The highest BCUT2D eigenvalue weighted by Crippen LogP contribution is 2.47. The molecule has 1 aliphatic heterocycles. The SMILES string of the molecule is CCCCCc1ccc(-c2c(C)cc3c(c2C)C(C)CC(c2ccc(C(=O)NCCC(=O)O)s2)O3)cc1. The molecule has 0 aliphatic carbocycles. The summed E-state index contributed by atoms with van der Waals surface area (Å²) < 4.78 is 6.52. The lowest BCUT2D eigenvalue weighted by Gasteiger charge is -2.33. The zero-order valence-corrected chi connectivity index (χ0v) is 23.0. The number of hydrogen-bond donors (Lipinski definition) is 2. The highest BCUT2D eigenvalue weighted by atomic mass is 32.1. The van der Waals surface area contributed by atoms with Gasteiger partial charge in [0.25, 0.3) is 5.91 Å². The number of unbranched alkanes of at least 4 members (excludes halogenated alkanes) is 2. The molecule has 0 bridgehead atoms. The molecule has 0 fully saturated rings. The molecule has 0 radical (unpaired) electrons. The van der Waals surface area contributed by atoms with Gasteiger partial charge in [0.15, 0.2) is 0 Å². The summed E-state index contributed by atoms with van der Waals surface area (Å²) in [5.74, 6) is 0.0778. The zero-order chi connectivity index (χ0) is 26.5. The maximum atomic E-state index is 12.4. The first-order chi connectivity index (χ1) is 17.8. The standard InChI is InChI=1S/C31H37NO4S/c1-5-6-7-8-22-9-11-23(12-10-22)29-19(2)18-25-30(21(29)4)20(3)17-24(36-25)26-13-14-27(37-26)31(35)32-16-15-28(33)34/h9-14,18,20,24H,5-8,15-17H2,1-4H3,(H,32,35)(H,33,34). The second kappa shape index (κ2) is 12.0. The number of ether oxygens (including phenoxy) is 1. The number of thiophene rings is 1. The number of hydrogen-bond acceptors (Lipinski definition) is 4. The van der Waals surface area contributed by atoms with Crippen LogP contribution in [0.25, 0.3) is 11.1 Å². The van der Waals surface area contributed by atoms with E-state index in [0.717, 1.165) is 23.5 Å². The number of fused-ring (bicyclic) bond motifs is 1. The van der Waals surface area contributed by atoms with Crippen molar-refractivity contribution in [1.29, 1.82) is 0 Å². The number of rotatable bonds is 10. The van der Waals surface area contributed by atoms with E-state index in [0.29, 0.717) is 10.8 Å². The molecule has 2 aromatic carbocycles. The molecule has 196 valence electrons. The second-order valence-corrected chi connectivity index (χ2v) is 11.2. The fraction of sp³-hybridized carbons (Fsp3) is 0.419. The van der Waals surface area contributed by atoms with Crippen molar-refractivity contribution in [2.45, 2.75) is 78.2 Å². The van der Waals surface area contributed by atoms with Crippen LogP contribution >= 0.6 is 11.3 Å². The van der Waals surface area contributed by atoms with Crippen molar-refractivity contribution in [2.24, 2.45) is 0 Å². The molecule has 0 saturated carbocycles. The molecule has 2 unspecified atom stereocenters. The van der Waals surface area contributed by atoms with Gasteiger partial charge in [-0.3, -0.25) is 9.59 Å². The van der Waals surface area contributed by atoms with Gasteiger partial charge in [0.2, 0.25) is 0 Å². The Kier molecular flexibility index (Phi) is 8.70. The number of carbonyl (C=O) groups is 2. The fourth-order valence-corrected chi connectivity index (χ4v) is 6.33. The van der Waals surface area contributed by atoms with Crippen molar-refractivity contribution >= 4 is 23.2 Å². The third kappa shape index (κ3) is 6.24. The number of carbonyl (C=O) groups excluding carboxylic acids is 1. The van der Waals surface area contributed by atoms with Gasteiger partial charge in [-0.2, -0.15) is 0 Å². The summed E-state index contributed by atoms with van der Waals surface area (Å²) in [4.78, 5) is 24.7. The first-order valence-corrected chi connectivity index (χ1v) is 14.1. The number of carboxylic acids is 1. The monoisotopic (exact) mass is 519 g/mol. The van der Waals surface area contributed by atoms with Crippen molar-refractivity contribution in [3.05, 3.63) is 74.5 Å². The molecule has 0 saturated heterocycles. The molecule has 2 N–H and O–H groups in total. The van der Waals surface area contributed by atoms with E-state index in [9.17, 15) is 9.59 Å². The van der Waals surface area contributed by atoms with Gasteiger partial charge in [0.05, 0.1) is 11.3 Å². The lowest BCUT2D eigenvalue weighted by Crippen LogP contribution is -2.25. The summed E-state index contributed by atoms with van der Waals surface area (Å²) >= 11 is 1.42. The third-order valence-corrected chi connectivity index (χ3v) is 8.40. The smallest absolute Gasteiger partial charge is 0.305 e. The van der Waals surface area contributed by atoms with Crippen molar-refractivity contribution in [3.63, 3.8) is 0 Å². The second-order valence-electron chi connectivity index (χ2n) is 10.1. The lowest BCUT2D eigenvalue weighted by atomic mass is 9.82. The van der Waals surface area contributed by atoms with E-state index < -0.39 is 5.97 Å². The van der Waals surface area contributed by atoms with E-state index >= 15 is 0 Å². The summed E-state index contributed by atoms with van der Waals surface area (Å²) in [5.41, 5.74) is 7.70. The Labute approximate surface area is 223 Å². The minimum atomic E-state index is -0.927. The fourth-order valence-electron chi connectivity index (χ4n) is 5.37. The number of benzene rings is 2. The molecule has 2 atom stereocenters. The largest absolute Gasteiger partial charge is 0.485 e. The first-order valence-electron chi connectivity index (χ1n) is 13.3. The summed E-state index contributed by atoms with van der Waals surface area (Å²) in [7, 11) is 0. The van der Waals surface area contributed by atoms with Crippen LogP contribution in [0.1, 0.15) is 94.8 Å². The Morgan fingerprint density at radius 3 is 2.57 bits per heavy atom. The Bertz CT molecular complexity index is 1260. The van der Waals surface area contributed by atoms with Gasteiger partial charge < -0.3 is 15.2 Å². The molecular formula is C31H37NO4S. The summed E-state index contributed by atoms with van der Waals surface area (Å²) in [6.07, 6.45) is 5.53. The molecule has 6 heteroatoms. The number of aryl methyl sites for hydroxylation is 2. The quantitative estimate of drug-likeness (QED) is 0.271. The molecular weight excluding hydrogens is 482 g/mol. The summed E-state index contributed by atoms with van der Waals surface area (Å²) in [5, 5.41) is 11.5. The van der Waals surface area contributed by atoms with Crippen LogP contribution in [-0.4, -0.2) is 23.5 Å². The Balaban J connectivity index is 1.52. The summed E-state index contributed by atoms with van der Waals surface area (Å²) in [6.45, 7) is 8.97. The molecule has 5 nitrogen and oxygen atoms in total. The van der Waals surface area contributed by atoms with Gasteiger partial charge >= 0.3 is 5.97 Å². The average Bonchev–Trinajstić information content (AvgIpc) is 3.35. The number of carboxylic acid groups (broad SMARTS) is 1.